The lowest BCUT2D eigenvalue weighted by molar-refractivity contribution is 1.10. The van der Waals surface area contributed by atoms with Crippen LogP contribution >= 0.6 is 0 Å². The summed E-state index contributed by atoms with van der Waals surface area (Å²) >= 11 is 0. The molecule has 0 fully saturated rings. The van der Waals surface area contributed by atoms with Crippen LogP contribution in [0, 0.1) is 0 Å². The Labute approximate surface area is 245 Å². The van der Waals surface area contributed by atoms with Gasteiger partial charge in [-0.15, -0.1) is 0 Å². The number of fused-ring (bicyclic) bond motifs is 2. The van der Waals surface area contributed by atoms with Crippen LogP contribution in [0.4, 0.5) is 22.7 Å². The Hall–Kier alpha value is -5.55. The van der Waals surface area contributed by atoms with Gasteiger partial charge in [-0.05, 0) is 78.3 Å². The molecule has 0 radical (unpaired) electrons. The fourth-order valence-corrected chi connectivity index (χ4v) is 6.15. The van der Waals surface area contributed by atoms with Gasteiger partial charge in [0, 0.05) is 22.6 Å². The van der Waals surface area contributed by atoms with Crippen LogP contribution in [0.25, 0.3) is 28.1 Å². The fourth-order valence-electron chi connectivity index (χ4n) is 6.15. The van der Waals surface area contributed by atoms with Crippen LogP contribution in [0.2, 0.25) is 0 Å². The Bertz CT molecular complexity index is 1990. The topological polar surface area (TPSA) is 24.3 Å². The number of para-hydroxylation sites is 6. The molecule has 5 heteroatoms. The zero-order chi connectivity index (χ0) is 27.9. The van der Waals surface area contributed by atoms with Crippen molar-refractivity contribution in [2.75, 3.05) is 9.62 Å². The van der Waals surface area contributed by atoms with E-state index in [0.717, 1.165) is 39.5 Å². The van der Waals surface area contributed by atoms with E-state index in [1.54, 1.807) is 0 Å². The summed E-state index contributed by atoms with van der Waals surface area (Å²) in [6.45, 7) is -0.0363. The van der Waals surface area contributed by atoms with Gasteiger partial charge in [0.2, 0.25) is 0 Å². The highest BCUT2D eigenvalue weighted by atomic mass is 15.3. The Morgan fingerprint density at radius 1 is 0.429 bits per heavy atom. The lowest BCUT2D eigenvalue weighted by atomic mass is 9.64. The number of nitrogens with zero attached hydrogens (tertiary/aromatic N) is 4. The molecule has 8 rings (SSSR count). The maximum Gasteiger partial charge on any atom is 0.420 e. The summed E-state index contributed by atoms with van der Waals surface area (Å²) in [5.41, 5.74) is 10.1. The molecule has 198 valence electrons. The van der Waals surface area contributed by atoms with Gasteiger partial charge in [0.1, 0.15) is 5.82 Å². The average Bonchev–Trinajstić information content (AvgIpc) is 3.63. The van der Waals surface area contributed by atoms with Gasteiger partial charge < -0.3 is 9.62 Å². The smallest absolute Gasteiger partial charge is 0.360 e. The van der Waals surface area contributed by atoms with Gasteiger partial charge in [0.05, 0.1) is 22.4 Å². The monoisotopic (exact) mass is 538 g/mol. The molecule has 1 aliphatic rings. The molecule has 6 aromatic carbocycles. The minimum atomic E-state index is -0.0363. The average molecular weight is 538 g/mol. The summed E-state index contributed by atoms with van der Waals surface area (Å²) in [4.78, 5) is 9.96. The van der Waals surface area contributed by atoms with Gasteiger partial charge >= 0.3 is 6.98 Å². The Morgan fingerprint density at radius 3 is 1.57 bits per heavy atom. The van der Waals surface area contributed by atoms with E-state index < -0.39 is 0 Å². The van der Waals surface area contributed by atoms with Crippen molar-refractivity contribution in [3.8, 4) is 17.1 Å². The first-order valence-electron chi connectivity index (χ1n) is 14.3. The first-order chi connectivity index (χ1) is 20.9. The normalized spacial score (nSPS) is 12.6. The summed E-state index contributed by atoms with van der Waals surface area (Å²) in [7, 11) is 0. The SMILES string of the molecule is c1ccc(B2N(c3ccccc3)c3ccccc3N2c2ccc(-c3nc4ccccc4n3-c3ccccc3)cc2)cc1. The van der Waals surface area contributed by atoms with Crippen LogP contribution in [0.3, 0.4) is 0 Å². The van der Waals surface area contributed by atoms with E-state index in [0.29, 0.717) is 0 Å². The molecule has 0 saturated heterocycles. The predicted octanol–water partition coefficient (Wildman–Crippen LogP) is 8.38. The van der Waals surface area contributed by atoms with Gasteiger partial charge in [-0.25, -0.2) is 4.98 Å². The molecule has 0 aliphatic carbocycles. The second-order valence-electron chi connectivity index (χ2n) is 10.5. The van der Waals surface area contributed by atoms with E-state index in [9.17, 15) is 0 Å². The van der Waals surface area contributed by atoms with Crippen molar-refractivity contribution in [2.24, 2.45) is 0 Å². The van der Waals surface area contributed by atoms with Gasteiger partial charge in [-0.2, -0.15) is 0 Å². The molecule has 0 N–H and O–H groups in total. The minimum Gasteiger partial charge on any atom is -0.360 e. The number of benzene rings is 6. The fraction of sp³-hybridized carbons (Fsp3) is 0. The van der Waals surface area contributed by atoms with E-state index in [-0.39, 0.29) is 6.98 Å². The third-order valence-electron chi connectivity index (χ3n) is 8.00. The lowest BCUT2D eigenvalue weighted by Crippen LogP contribution is -2.53. The molecular weight excluding hydrogens is 511 g/mol. The first-order valence-corrected chi connectivity index (χ1v) is 14.3. The summed E-state index contributed by atoms with van der Waals surface area (Å²) in [6, 6.07) is 57.8. The highest BCUT2D eigenvalue weighted by Crippen LogP contribution is 2.46. The van der Waals surface area contributed by atoms with Gasteiger partial charge in [-0.3, -0.25) is 4.57 Å². The third-order valence-corrected chi connectivity index (χ3v) is 8.00. The number of anilines is 4. The Kier molecular flexibility index (Phi) is 5.85. The molecule has 1 aromatic heterocycles. The van der Waals surface area contributed by atoms with E-state index in [2.05, 4.69) is 166 Å². The van der Waals surface area contributed by atoms with Crippen LogP contribution in [-0.2, 0) is 0 Å². The standard InChI is InChI=1S/C37H27BN4/c1-4-14-29(15-5-1)38-41(31-18-8-3-9-19-31)35-22-12-13-23-36(35)42(38)32-26-24-28(25-27-32)37-39-33-20-10-11-21-34(33)40(37)30-16-6-2-7-17-30/h1-27H. The molecule has 4 nitrogen and oxygen atoms in total. The van der Waals surface area contributed by atoms with Crippen molar-refractivity contribution in [3.05, 3.63) is 164 Å². The molecule has 42 heavy (non-hydrogen) atoms. The van der Waals surface area contributed by atoms with E-state index in [1.807, 2.05) is 12.1 Å². The van der Waals surface area contributed by atoms with Gasteiger partial charge in [0.15, 0.2) is 0 Å². The molecule has 1 aliphatic heterocycles. The van der Waals surface area contributed by atoms with Gasteiger partial charge in [0.25, 0.3) is 0 Å². The molecule has 0 unspecified atom stereocenters. The van der Waals surface area contributed by atoms with E-state index >= 15 is 0 Å². The molecule has 0 saturated carbocycles. The molecule has 0 bridgehead atoms. The van der Waals surface area contributed by atoms with E-state index in [1.165, 1.54) is 16.8 Å². The Balaban J connectivity index is 1.27. The highest BCUT2D eigenvalue weighted by Gasteiger charge is 2.43. The van der Waals surface area contributed by atoms with Crippen molar-refractivity contribution in [3.63, 3.8) is 0 Å². The summed E-state index contributed by atoms with van der Waals surface area (Å²) in [6.07, 6.45) is 0. The van der Waals surface area contributed by atoms with Crippen LogP contribution in [0.15, 0.2) is 164 Å². The van der Waals surface area contributed by atoms with Crippen LogP contribution in [0.1, 0.15) is 0 Å². The lowest BCUT2D eigenvalue weighted by Gasteiger charge is -2.30. The zero-order valence-electron chi connectivity index (χ0n) is 23.0. The van der Waals surface area contributed by atoms with Crippen LogP contribution in [0.5, 0.6) is 0 Å². The number of hydrogen-bond acceptors (Lipinski definition) is 3. The number of aromatic nitrogens is 2. The zero-order valence-corrected chi connectivity index (χ0v) is 23.0. The summed E-state index contributed by atoms with van der Waals surface area (Å²) in [5.74, 6) is 0.932. The second kappa shape index (κ2) is 10.1. The third kappa shape index (κ3) is 3.98. The van der Waals surface area contributed by atoms with E-state index in [4.69, 9.17) is 4.98 Å². The first kappa shape index (κ1) is 24.3. The Morgan fingerprint density at radius 2 is 0.929 bits per heavy atom. The number of imidazole rings is 1. The maximum atomic E-state index is 5.08. The molecule has 2 heterocycles. The second-order valence-corrected chi connectivity index (χ2v) is 10.5. The molecule has 0 amide bonds. The minimum absolute atomic E-state index is 0.0363. The van der Waals surface area contributed by atoms with Crippen molar-refractivity contribution in [1.29, 1.82) is 0 Å². The van der Waals surface area contributed by atoms with Gasteiger partial charge in [-0.1, -0.05) is 91.0 Å². The summed E-state index contributed by atoms with van der Waals surface area (Å²) < 4.78 is 2.25. The molecular formula is C37H27BN4. The van der Waals surface area contributed by atoms with Crippen LogP contribution in [-0.4, -0.2) is 16.5 Å². The number of rotatable bonds is 5. The van der Waals surface area contributed by atoms with Crippen molar-refractivity contribution >= 4 is 46.2 Å². The predicted molar refractivity (Wildman–Crippen MR) is 175 cm³/mol. The van der Waals surface area contributed by atoms with Crippen molar-refractivity contribution in [1.82, 2.24) is 9.55 Å². The quantitative estimate of drug-likeness (QED) is 0.206. The largest absolute Gasteiger partial charge is 0.420 e. The number of hydrogen-bond donors (Lipinski definition) is 0. The molecule has 0 spiro atoms. The maximum absolute atomic E-state index is 5.08. The van der Waals surface area contributed by atoms with Crippen molar-refractivity contribution in [2.45, 2.75) is 0 Å². The molecule has 0 atom stereocenters. The highest BCUT2D eigenvalue weighted by molar-refractivity contribution is 6.84. The van der Waals surface area contributed by atoms with Crippen LogP contribution < -0.4 is 15.1 Å². The van der Waals surface area contributed by atoms with Crippen molar-refractivity contribution < 1.29 is 0 Å². The summed E-state index contributed by atoms with van der Waals surface area (Å²) in [5, 5.41) is 0. The molecule has 7 aromatic rings.